The Morgan fingerprint density at radius 2 is 1.54 bits per heavy atom. The number of carbonyl (C=O) groups is 5. The van der Waals surface area contributed by atoms with Crippen LogP contribution in [0.25, 0.3) is 0 Å². The van der Waals surface area contributed by atoms with E-state index in [4.69, 9.17) is 18.3 Å². The second-order valence-corrected chi connectivity index (χ2v) is 32.9. The van der Waals surface area contributed by atoms with Gasteiger partial charge in [-0.25, -0.2) is 9.59 Å². The minimum absolute atomic E-state index is 0.0335. The van der Waals surface area contributed by atoms with Gasteiger partial charge in [0.05, 0.1) is 29.9 Å². The molecule has 1 aliphatic carbocycles. The number of carbonyl (C=O) groups excluding carboxylic acids is 5. The van der Waals surface area contributed by atoms with Gasteiger partial charge in [-0.2, -0.15) is 0 Å². The number of nitrogens with zero attached hydrogens (tertiary/aromatic N) is 2. The number of likely N-dealkylation sites (tertiary alicyclic amines) is 2. The first-order valence-corrected chi connectivity index (χ1v) is 30.5. The molecule has 15 heteroatoms. The van der Waals surface area contributed by atoms with Crippen LogP contribution in [0.2, 0.25) is 34.8 Å². The van der Waals surface area contributed by atoms with Gasteiger partial charge < -0.3 is 28.5 Å². The van der Waals surface area contributed by atoms with E-state index in [0.29, 0.717) is 78.1 Å². The maximum atomic E-state index is 14.9. The zero-order valence-corrected chi connectivity index (χ0v) is 46.3. The Bertz CT molecular complexity index is 2140. The summed E-state index contributed by atoms with van der Waals surface area (Å²) >= 11 is 0. The molecule has 1 spiro atoms. The van der Waals surface area contributed by atoms with Gasteiger partial charge in [-0.3, -0.25) is 24.6 Å². The van der Waals surface area contributed by atoms with E-state index in [9.17, 15) is 24.0 Å². The van der Waals surface area contributed by atoms with E-state index in [1.54, 1.807) is 0 Å². The largest absolute Gasteiger partial charge is 0.542 e. The van der Waals surface area contributed by atoms with Crippen molar-refractivity contribution in [2.24, 2.45) is 11.3 Å². The Hall–Kier alpha value is -4.48. The van der Waals surface area contributed by atoms with Gasteiger partial charge >= 0.3 is 12.2 Å². The molecule has 2 aliphatic heterocycles. The Morgan fingerprint density at radius 1 is 0.913 bits per heavy atom. The summed E-state index contributed by atoms with van der Waals surface area (Å²) in [7, 11) is -4.51. The van der Waals surface area contributed by atoms with E-state index in [2.05, 4.69) is 92.6 Å². The van der Waals surface area contributed by atoms with Crippen molar-refractivity contribution in [1.82, 2.24) is 15.1 Å². The van der Waals surface area contributed by atoms with Crippen molar-refractivity contribution in [3.05, 3.63) is 71.3 Å². The molecular formula is C54H84N4O9Si2. The van der Waals surface area contributed by atoms with Gasteiger partial charge in [0.2, 0.25) is 5.91 Å². The quantitative estimate of drug-likeness (QED) is 0.0919. The highest BCUT2D eigenvalue weighted by Gasteiger charge is 2.54. The van der Waals surface area contributed by atoms with Crippen LogP contribution in [0.4, 0.5) is 15.3 Å². The lowest BCUT2D eigenvalue weighted by atomic mass is 9.91. The van der Waals surface area contributed by atoms with Crippen molar-refractivity contribution >= 4 is 52.1 Å². The first-order chi connectivity index (χ1) is 32.3. The van der Waals surface area contributed by atoms with Crippen molar-refractivity contribution in [3.63, 3.8) is 0 Å². The average Bonchev–Trinajstić information content (AvgIpc) is 3.67. The maximum absolute atomic E-state index is 14.9. The normalized spacial score (nSPS) is 18.9. The lowest BCUT2D eigenvalue weighted by molar-refractivity contribution is -0.131. The minimum Gasteiger partial charge on any atom is -0.542 e. The molecule has 382 valence electrons. The Kier molecular flexibility index (Phi) is 18.3. The van der Waals surface area contributed by atoms with Crippen LogP contribution in [0.5, 0.6) is 5.75 Å². The van der Waals surface area contributed by atoms with Crippen molar-refractivity contribution in [3.8, 4) is 5.75 Å². The van der Waals surface area contributed by atoms with E-state index in [-0.39, 0.29) is 59.6 Å². The molecular weight excluding hydrogens is 905 g/mol. The molecule has 4 atom stereocenters. The highest BCUT2D eigenvalue weighted by atomic mass is 28.4. The van der Waals surface area contributed by atoms with Gasteiger partial charge in [0, 0.05) is 25.6 Å². The van der Waals surface area contributed by atoms with Crippen LogP contribution in [-0.4, -0.2) is 101 Å². The molecule has 5 rings (SSSR count). The van der Waals surface area contributed by atoms with Crippen LogP contribution in [0, 0.1) is 18.3 Å². The van der Waals surface area contributed by atoms with Gasteiger partial charge in [-0.1, -0.05) is 120 Å². The number of anilines is 1. The summed E-state index contributed by atoms with van der Waals surface area (Å²) in [5.41, 5.74) is 4.07. The SMILES string of the molecule is C=CCOC(=O)N1CCC[C@H]1C(=O)NC(C(=O)Cc1ccc(COC(=O)Nc2cc(O[Si](C(C)C)(C(C)C)C(C)C)c(C)cc2C(=O)N2CC3(CC3)C[C@H]2CO[Si](C)(C)C(C)(C)C)cc1)[C@@H](C)CC. The molecule has 0 bridgehead atoms. The first kappa shape index (κ1) is 55.5. The minimum atomic E-state index is -2.42. The third kappa shape index (κ3) is 13.1. The molecule has 13 nitrogen and oxygen atoms in total. The molecule has 0 radical (unpaired) electrons. The Morgan fingerprint density at radius 3 is 2.10 bits per heavy atom. The summed E-state index contributed by atoms with van der Waals surface area (Å²) in [6, 6.07) is 9.43. The lowest BCUT2D eigenvalue weighted by Gasteiger charge is -2.42. The highest BCUT2D eigenvalue weighted by molar-refractivity contribution is 6.78. The molecule has 2 saturated heterocycles. The summed E-state index contributed by atoms with van der Waals surface area (Å²) < 4.78 is 24.9. The van der Waals surface area contributed by atoms with Crippen LogP contribution >= 0.6 is 0 Å². The van der Waals surface area contributed by atoms with Gasteiger partial charge in [0.15, 0.2) is 14.1 Å². The number of rotatable bonds is 21. The number of nitrogens with one attached hydrogen (secondary N) is 2. The summed E-state index contributed by atoms with van der Waals surface area (Å²) in [5, 5.41) is 5.96. The van der Waals surface area contributed by atoms with Gasteiger partial charge in [-0.05, 0) is 108 Å². The van der Waals surface area contributed by atoms with Gasteiger partial charge in [0.1, 0.15) is 25.0 Å². The highest BCUT2D eigenvalue weighted by Crippen LogP contribution is 2.55. The third-order valence-corrected chi connectivity index (χ3v) is 26.3. The van der Waals surface area contributed by atoms with Crippen molar-refractivity contribution in [1.29, 1.82) is 0 Å². The molecule has 2 heterocycles. The molecule has 2 aromatic carbocycles. The fourth-order valence-corrected chi connectivity index (χ4v) is 16.6. The summed E-state index contributed by atoms with van der Waals surface area (Å²) in [4.78, 5) is 72.1. The van der Waals surface area contributed by atoms with Crippen LogP contribution in [0.15, 0.2) is 49.1 Å². The number of amides is 4. The Balaban J connectivity index is 1.32. The van der Waals surface area contributed by atoms with Crippen LogP contribution < -0.4 is 15.1 Å². The number of benzene rings is 2. The third-order valence-electron chi connectivity index (χ3n) is 15.8. The van der Waals surface area contributed by atoms with E-state index in [0.717, 1.165) is 30.4 Å². The van der Waals surface area contributed by atoms with Gasteiger partial charge in [-0.15, -0.1) is 0 Å². The van der Waals surface area contributed by atoms with E-state index < -0.39 is 40.9 Å². The second kappa shape index (κ2) is 22.7. The number of Topliss-reactive ketones (excluding diaryl/α,β-unsaturated/α-hetero) is 1. The molecule has 4 amide bonds. The fraction of sp³-hybridized carbons (Fsp3) is 0.648. The Labute approximate surface area is 415 Å². The van der Waals surface area contributed by atoms with Crippen molar-refractivity contribution in [2.75, 3.05) is 31.6 Å². The molecule has 0 aromatic heterocycles. The van der Waals surface area contributed by atoms with E-state index >= 15 is 0 Å². The van der Waals surface area contributed by atoms with Crippen LogP contribution in [0.3, 0.4) is 0 Å². The molecule has 3 aliphatic rings. The van der Waals surface area contributed by atoms with Crippen LogP contribution in [0.1, 0.15) is 142 Å². The summed E-state index contributed by atoms with van der Waals surface area (Å²) in [6.45, 7) is 35.6. The number of ketones is 1. The predicted octanol–water partition coefficient (Wildman–Crippen LogP) is 11.7. The zero-order valence-electron chi connectivity index (χ0n) is 44.3. The number of aryl methyl sites for hydroxylation is 1. The zero-order chi connectivity index (χ0) is 51.2. The molecule has 69 heavy (non-hydrogen) atoms. The smallest absolute Gasteiger partial charge is 0.411 e. The van der Waals surface area contributed by atoms with Crippen LogP contribution in [-0.2, 0) is 36.5 Å². The van der Waals surface area contributed by atoms with E-state index in [1.807, 2.05) is 62.1 Å². The number of hydrogen-bond acceptors (Lipinski definition) is 9. The second-order valence-electron chi connectivity index (χ2n) is 22.7. The first-order valence-electron chi connectivity index (χ1n) is 25.5. The number of ether oxygens (including phenoxy) is 2. The standard InChI is InChI=1S/C54H84N4O9Si2/c1-16-27-64-52(63)57-26-18-19-45(57)49(60)56-48(38(9)17-2)46(59)29-40-20-22-41(23-21-40)32-65-51(62)55-44-30-47(67-69(35(3)4,36(5)6)37(7)8)39(10)28-43(44)50(61)58-34-54(24-25-54)31-42(58)33-66-68(14,15)53(11,12)13/h16,20-23,28,30,35-38,42,45,48H,1,17-19,24-27,29,31-34H2,2-15H3,(H,55,62)(H,56,60)/t38-,42-,45-,48?/m0/s1. The monoisotopic (exact) mass is 989 g/mol. The molecule has 2 aromatic rings. The maximum Gasteiger partial charge on any atom is 0.411 e. The van der Waals surface area contributed by atoms with E-state index in [1.165, 1.54) is 11.0 Å². The molecule has 1 saturated carbocycles. The predicted molar refractivity (Wildman–Crippen MR) is 279 cm³/mol. The van der Waals surface area contributed by atoms with Gasteiger partial charge in [0.25, 0.3) is 14.2 Å². The average molecular weight is 989 g/mol. The lowest BCUT2D eigenvalue weighted by Crippen LogP contribution is -2.53. The number of hydrogen-bond donors (Lipinski definition) is 2. The van der Waals surface area contributed by atoms with Crippen molar-refractivity contribution in [2.45, 2.75) is 188 Å². The topological polar surface area (TPSA) is 153 Å². The molecule has 3 fully saturated rings. The molecule has 1 unspecified atom stereocenters. The summed E-state index contributed by atoms with van der Waals surface area (Å²) in [6.07, 6.45) is 5.18. The fourth-order valence-electron chi connectivity index (χ4n) is 10.2. The van der Waals surface area contributed by atoms with Crippen molar-refractivity contribution < 1.29 is 42.3 Å². The molecule has 2 N–H and O–H groups in total. The summed E-state index contributed by atoms with van der Waals surface area (Å²) in [5.74, 6) is -0.129.